The van der Waals surface area contributed by atoms with Gasteiger partial charge in [0.25, 0.3) is 0 Å². The largest absolute Gasteiger partial charge is 0.356 e. The van der Waals surface area contributed by atoms with E-state index in [1.165, 1.54) is 0 Å². The number of fused-ring (bicyclic) bond motifs is 1. The van der Waals surface area contributed by atoms with Crippen molar-refractivity contribution in [2.45, 2.75) is 25.3 Å². The zero-order valence-corrected chi connectivity index (χ0v) is 12.8. The van der Waals surface area contributed by atoms with Crippen molar-refractivity contribution >= 4 is 16.9 Å². The molecule has 0 radical (unpaired) electrons. The smallest absolute Gasteiger partial charge is 0.228 e. The highest BCUT2D eigenvalue weighted by atomic mass is 16.5. The molecule has 3 heterocycles. The van der Waals surface area contributed by atoms with Crippen LogP contribution in [0, 0.1) is 0 Å². The fourth-order valence-corrected chi connectivity index (χ4v) is 3.21. The molecule has 0 aliphatic carbocycles. The highest BCUT2D eigenvalue weighted by Gasteiger charge is 2.26. The van der Waals surface area contributed by atoms with Crippen LogP contribution in [0.4, 0.5) is 0 Å². The molecule has 1 fully saturated rings. The van der Waals surface area contributed by atoms with Gasteiger partial charge in [0.05, 0.1) is 12.5 Å². The molecule has 1 atom stereocenters. The molecule has 118 valence electrons. The number of hydrogen-bond donors (Lipinski definition) is 0. The molecule has 0 unspecified atom stereocenters. The second kappa shape index (κ2) is 5.87. The first-order chi connectivity index (χ1) is 11.3. The van der Waals surface area contributed by atoms with Crippen LogP contribution in [-0.2, 0) is 11.2 Å². The molecule has 0 N–H and O–H groups in total. The number of para-hydroxylation sites is 1. The molecule has 0 bridgehead atoms. The highest BCUT2D eigenvalue weighted by molar-refractivity contribution is 5.86. The third kappa shape index (κ3) is 2.72. The van der Waals surface area contributed by atoms with Crippen LogP contribution in [0.2, 0.25) is 0 Å². The van der Waals surface area contributed by atoms with Gasteiger partial charge in [0.15, 0.2) is 5.58 Å². The number of piperidine rings is 1. The van der Waals surface area contributed by atoms with Gasteiger partial charge in [0.1, 0.15) is 5.69 Å². The number of rotatable bonds is 3. The Hall–Kier alpha value is -2.63. The summed E-state index contributed by atoms with van der Waals surface area (Å²) in [6.45, 7) is 1.50. The van der Waals surface area contributed by atoms with Crippen LogP contribution < -0.4 is 0 Å². The normalized spacial score (nSPS) is 18.4. The highest BCUT2D eigenvalue weighted by Crippen LogP contribution is 2.23. The summed E-state index contributed by atoms with van der Waals surface area (Å²) in [5, 5.41) is 9.28. The maximum absolute atomic E-state index is 12.6. The van der Waals surface area contributed by atoms with E-state index >= 15 is 0 Å². The molecule has 4 rings (SSSR count). The number of likely N-dealkylation sites (tertiary alicyclic amines) is 1. The standard InChI is InChI=1S/C17H18N4O2/c22-17(11-15-14-6-1-2-7-16(14)23-19-15)20-9-3-5-13(12-20)21-10-4-8-18-21/h1-2,4,6-8,10,13H,3,5,9,11-12H2/t13-/m0/s1. The first-order valence-corrected chi connectivity index (χ1v) is 7.91. The lowest BCUT2D eigenvalue weighted by Crippen LogP contribution is -2.41. The van der Waals surface area contributed by atoms with Crippen molar-refractivity contribution in [3.05, 3.63) is 48.4 Å². The summed E-state index contributed by atoms with van der Waals surface area (Å²) < 4.78 is 7.23. The minimum Gasteiger partial charge on any atom is -0.356 e. The van der Waals surface area contributed by atoms with Gasteiger partial charge in [0.2, 0.25) is 5.91 Å². The minimum absolute atomic E-state index is 0.0981. The van der Waals surface area contributed by atoms with Crippen LogP contribution in [0.3, 0.4) is 0 Å². The first kappa shape index (κ1) is 14.0. The number of amides is 1. The van der Waals surface area contributed by atoms with E-state index < -0.39 is 0 Å². The molecular formula is C17H18N4O2. The maximum Gasteiger partial charge on any atom is 0.228 e. The summed E-state index contributed by atoms with van der Waals surface area (Å²) in [7, 11) is 0. The molecule has 1 aromatic carbocycles. The van der Waals surface area contributed by atoms with E-state index in [-0.39, 0.29) is 18.4 Å². The fourth-order valence-electron chi connectivity index (χ4n) is 3.21. The zero-order chi connectivity index (χ0) is 15.6. The lowest BCUT2D eigenvalue weighted by Gasteiger charge is -2.32. The summed E-state index contributed by atoms with van der Waals surface area (Å²) in [6, 6.07) is 9.82. The SMILES string of the molecule is O=C(Cc1noc2ccccc12)N1CCC[C@H](n2cccn2)C1. The van der Waals surface area contributed by atoms with Gasteiger partial charge in [-0.05, 0) is 31.0 Å². The van der Waals surface area contributed by atoms with Crippen molar-refractivity contribution in [2.75, 3.05) is 13.1 Å². The van der Waals surface area contributed by atoms with Crippen molar-refractivity contribution in [2.24, 2.45) is 0 Å². The lowest BCUT2D eigenvalue weighted by atomic mass is 10.0. The lowest BCUT2D eigenvalue weighted by molar-refractivity contribution is -0.132. The van der Waals surface area contributed by atoms with Crippen LogP contribution in [0.5, 0.6) is 0 Å². The molecule has 1 saturated heterocycles. The van der Waals surface area contributed by atoms with Crippen LogP contribution >= 0.6 is 0 Å². The van der Waals surface area contributed by atoms with Crippen LogP contribution in [0.25, 0.3) is 11.0 Å². The molecule has 1 aliphatic heterocycles. The summed E-state index contributed by atoms with van der Waals surface area (Å²) in [6.07, 6.45) is 6.07. The summed E-state index contributed by atoms with van der Waals surface area (Å²) in [5.74, 6) is 0.0981. The van der Waals surface area contributed by atoms with Crippen molar-refractivity contribution in [3.8, 4) is 0 Å². The second-order valence-corrected chi connectivity index (χ2v) is 5.92. The van der Waals surface area contributed by atoms with Gasteiger partial charge in [0, 0.05) is 30.9 Å². The van der Waals surface area contributed by atoms with Gasteiger partial charge < -0.3 is 9.42 Å². The topological polar surface area (TPSA) is 64.2 Å². The summed E-state index contributed by atoms with van der Waals surface area (Å²) in [5.41, 5.74) is 1.44. The maximum atomic E-state index is 12.6. The third-order valence-electron chi connectivity index (χ3n) is 4.42. The van der Waals surface area contributed by atoms with Crippen LogP contribution in [0.15, 0.2) is 47.2 Å². The third-order valence-corrected chi connectivity index (χ3v) is 4.42. The van der Waals surface area contributed by atoms with E-state index in [1.54, 1.807) is 6.20 Å². The minimum atomic E-state index is 0.0981. The van der Waals surface area contributed by atoms with Crippen molar-refractivity contribution in [1.82, 2.24) is 19.8 Å². The average Bonchev–Trinajstić information content (AvgIpc) is 3.25. The van der Waals surface area contributed by atoms with Crippen molar-refractivity contribution in [1.29, 1.82) is 0 Å². The van der Waals surface area contributed by atoms with E-state index in [0.717, 1.165) is 30.4 Å². The molecule has 1 amide bonds. The number of nitrogens with zero attached hydrogens (tertiary/aromatic N) is 4. The molecule has 3 aromatic rings. The number of aromatic nitrogens is 3. The van der Waals surface area contributed by atoms with Crippen molar-refractivity contribution in [3.63, 3.8) is 0 Å². The number of benzene rings is 1. The molecule has 0 saturated carbocycles. The fraction of sp³-hybridized carbons (Fsp3) is 0.353. The number of carbonyl (C=O) groups is 1. The molecular weight excluding hydrogens is 292 g/mol. The Morgan fingerprint density at radius 1 is 1.30 bits per heavy atom. The van der Waals surface area contributed by atoms with E-state index in [0.29, 0.717) is 12.2 Å². The van der Waals surface area contributed by atoms with Crippen LogP contribution in [-0.4, -0.2) is 38.8 Å². The van der Waals surface area contributed by atoms with Gasteiger partial charge in [-0.25, -0.2) is 0 Å². The Bertz CT molecular complexity index is 809. The van der Waals surface area contributed by atoms with Crippen molar-refractivity contribution < 1.29 is 9.32 Å². The summed E-state index contributed by atoms with van der Waals surface area (Å²) >= 11 is 0. The molecule has 6 heteroatoms. The van der Waals surface area contributed by atoms with Gasteiger partial charge in [-0.2, -0.15) is 5.10 Å². The van der Waals surface area contributed by atoms with Gasteiger partial charge in [-0.3, -0.25) is 9.48 Å². The molecule has 6 nitrogen and oxygen atoms in total. The van der Waals surface area contributed by atoms with E-state index in [1.807, 2.05) is 46.1 Å². The molecule has 2 aromatic heterocycles. The van der Waals surface area contributed by atoms with E-state index in [9.17, 15) is 4.79 Å². The number of hydrogen-bond acceptors (Lipinski definition) is 4. The monoisotopic (exact) mass is 310 g/mol. The predicted molar refractivity (Wildman–Crippen MR) is 84.8 cm³/mol. The Morgan fingerprint density at radius 2 is 2.22 bits per heavy atom. The quantitative estimate of drug-likeness (QED) is 0.745. The molecule has 23 heavy (non-hydrogen) atoms. The Kier molecular flexibility index (Phi) is 3.57. The Morgan fingerprint density at radius 3 is 3.09 bits per heavy atom. The summed E-state index contributed by atoms with van der Waals surface area (Å²) in [4.78, 5) is 14.6. The molecule has 1 aliphatic rings. The first-order valence-electron chi connectivity index (χ1n) is 7.91. The number of carbonyl (C=O) groups excluding carboxylic acids is 1. The van der Waals surface area contributed by atoms with E-state index in [2.05, 4.69) is 10.3 Å². The zero-order valence-electron chi connectivity index (χ0n) is 12.8. The van der Waals surface area contributed by atoms with Gasteiger partial charge >= 0.3 is 0 Å². The Labute approximate surface area is 133 Å². The molecule has 0 spiro atoms. The van der Waals surface area contributed by atoms with E-state index in [4.69, 9.17) is 4.52 Å². The van der Waals surface area contributed by atoms with Gasteiger partial charge in [-0.15, -0.1) is 0 Å². The second-order valence-electron chi connectivity index (χ2n) is 5.92. The van der Waals surface area contributed by atoms with Crippen LogP contribution in [0.1, 0.15) is 24.6 Å². The van der Waals surface area contributed by atoms with Gasteiger partial charge in [-0.1, -0.05) is 17.3 Å². The Balaban J connectivity index is 1.48. The predicted octanol–water partition coefficient (Wildman–Crippen LogP) is 2.43. The average molecular weight is 310 g/mol.